The van der Waals surface area contributed by atoms with E-state index in [1.165, 1.54) is 6.20 Å². The Balaban J connectivity index is 2.13. The van der Waals surface area contributed by atoms with Crippen molar-refractivity contribution in [3.63, 3.8) is 0 Å². The van der Waals surface area contributed by atoms with Gasteiger partial charge in [0.1, 0.15) is 5.56 Å². The fourth-order valence-electron chi connectivity index (χ4n) is 3.13. The van der Waals surface area contributed by atoms with Crippen LogP contribution in [0.15, 0.2) is 47.4 Å². The highest BCUT2D eigenvalue weighted by Gasteiger charge is 2.15. The van der Waals surface area contributed by atoms with E-state index >= 15 is 0 Å². The van der Waals surface area contributed by atoms with Crippen LogP contribution in [0.2, 0.25) is 10.0 Å². The van der Waals surface area contributed by atoms with Crippen LogP contribution in [0, 0.1) is 0 Å². The Morgan fingerprint density at radius 2 is 1.96 bits per heavy atom. The third-order valence-corrected chi connectivity index (χ3v) is 5.41. The molecule has 0 unspecified atom stereocenters. The lowest BCUT2D eigenvalue weighted by molar-refractivity contribution is 0.0695. The van der Waals surface area contributed by atoms with Crippen molar-refractivity contribution in [1.29, 1.82) is 0 Å². The predicted octanol–water partition coefficient (Wildman–Crippen LogP) is 5.40. The number of nitrogens with zero attached hydrogens (tertiary/aromatic N) is 1. The number of hydrogen-bond acceptors (Lipinski definition) is 2. The fraction of sp³-hybridized carbons (Fsp3) is 0.238. The highest BCUT2D eigenvalue weighted by Crippen LogP contribution is 2.28. The van der Waals surface area contributed by atoms with Crippen LogP contribution in [-0.4, -0.2) is 15.6 Å². The van der Waals surface area contributed by atoms with Gasteiger partial charge in [0, 0.05) is 18.1 Å². The quantitative estimate of drug-likeness (QED) is 0.599. The molecule has 6 heteroatoms. The summed E-state index contributed by atoms with van der Waals surface area (Å²) in [7, 11) is 0. The number of carboxylic acids is 1. The second-order valence-corrected chi connectivity index (χ2v) is 7.25. The highest BCUT2D eigenvalue weighted by molar-refractivity contribution is 6.42. The minimum absolute atomic E-state index is 0.212. The molecule has 3 rings (SSSR count). The first-order chi connectivity index (χ1) is 12.9. The maximum absolute atomic E-state index is 12.7. The third kappa shape index (κ3) is 4.02. The average Bonchev–Trinajstić information content (AvgIpc) is 2.65. The Kier molecular flexibility index (Phi) is 5.88. The summed E-state index contributed by atoms with van der Waals surface area (Å²) in [5, 5.41) is 10.8. The number of halogens is 2. The molecular weight excluding hydrogens is 385 g/mol. The zero-order valence-corrected chi connectivity index (χ0v) is 16.3. The summed E-state index contributed by atoms with van der Waals surface area (Å²) in [6, 6.07) is 11.0. The van der Waals surface area contributed by atoms with Gasteiger partial charge in [-0.3, -0.25) is 4.79 Å². The molecule has 0 amide bonds. The number of rotatable bonds is 6. The van der Waals surface area contributed by atoms with Gasteiger partial charge >= 0.3 is 5.97 Å². The van der Waals surface area contributed by atoms with Crippen LogP contribution in [0.1, 0.15) is 41.3 Å². The number of aromatic carboxylic acids is 1. The van der Waals surface area contributed by atoms with Crippen molar-refractivity contribution in [2.45, 2.75) is 32.7 Å². The molecule has 140 valence electrons. The molecule has 1 aromatic heterocycles. The molecule has 0 bridgehead atoms. The summed E-state index contributed by atoms with van der Waals surface area (Å²) in [4.78, 5) is 24.2. The Bertz CT molecular complexity index is 1070. The largest absolute Gasteiger partial charge is 0.477 e. The van der Waals surface area contributed by atoms with Crippen LogP contribution in [0.5, 0.6) is 0 Å². The SMILES string of the molecule is CCCCn1cc(C(=O)O)c(=O)c2cc(Cc3cccc(Cl)c3Cl)ccc21. The third-order valence-electron chi connectivity index (χ3n) is 4.55. The van der Waals surface area contributed by atoms with E-state index in [0.717, 1.165) is 29.5 Å². The maximum Gasteiger partial charge on any atom is 0.341 e. The summed E-state index contributed by atoms with van der Waals surface area (Å²) in [5.41, 5.74) is 1.78. The first-order valence-corrected chi connectivity index (χ1v) is 9.50. The molecule has 0 fully saturated rings. The zero-order chi connectivity index (χ0) is 19.6. The number of aromatic nitrogens is 1. The van der Waals surface area contributed by atoms with Gasteiger partial charge in [0.15, 0.2) is 0 Å². The molecule has 1 N–H and O–H groups in total. The Morgan fingerprint density at radius 1 is 1.19 bits per heavy atom. The standard InChI is InChI=1S/C21H19Cl2NO3/c1-2-3-9-24-12-16(21(26)27)20(25)15-11-13(7-8-18(15)24)10-14-5-4-6-17(22)19(14)23/h4-8,11-12H,2-3,9-10H2,1H3,(H,26,27). The van der Waals surface area contributed by atoms with Gasteiger partial charge in [0.05, 0.1) is 15.6 Å². The minimum Gasteiger partial charge on any atom is -0.477 e. The lowest BCUT2D eigenvalue weighted by Gasteiger charge is -2.13. The summed E-state index contributed by atoms with van der Waals surface area (Å²) in [5.74, 6) is -1.21. The molecule has 0 aliphatic rings. The highest BCUT2D eigenvalue weighted by atomic mass is 35.5. The number of unbranched alkanes of at least 4 members (excludes halogenated alkanes) is 1. The second kappa shape index (κ2) is 8.15. The maximum atomic E-state index is 12.7. The van der Waals surface area contributed by atoms with E-state index in [4.69, 9.17) is 23.2 Å². The monoisotopic (exact) mass is 403 g/mol. The van der Waals surface area contributed by atoms with E-state index in [1.54, 1.807) is 12.1 Å². The van der Waals surface area contributed by atoms with Crippen molar-refractivity contribution in [3.05, 3.63) is 79.6 Å². The van der Waals surface area contributed by atoms with E-state index in [2.05, 4.69) is 6.92 Å². The number of aryl methyl sites for hydroxylation is 1. The number of benzene rings is 2. The van der Waals surface area contributed by atoms with Crippen molar-refractivity contribution in [2.24, 2.45) is 0 Å². The van der Waals surface area contributed by atoms with Gasteiger partial charge in [0.25, 0.3) is 0 Å². The van der Waals surface area contributed by atoms with Crippen molar-refractivity contribution >= 4 is 40.1 Å². The minimum atomic E-state index is -1.21. The van der Waals surface area contributed by atoms with Crippen molar-refractivity contribution in [1.82, 2.24) is 4.57 Å². The van der Waals surface area contributed by atoms with Gasteiger partial charge in [-0.15, -0.1) is 0 Å². The molecule has 2 aromatic carbocycles. The van der Waals surface area contributed by atoms with E-state index < -0.39 is 11.4 Å². The summed E-state index contributed by atoms with van der Waals surface area (Å²) in [6.07, 6.45) is 3.81. The average molecular weight is 404 g/mol. The molecular formula is C21H19Cl2NO3. The second-order valence-electron chi connectivity index (χ2n) is 6.47. The van der Waals surface area contributed by atoms with Gasteiger partial charge in [-0.25, -0.2) is 4.79 Å². The van der Waals surface area contributed by atoms with E-state index in [-0.39, 0.29) is 5.56 Å². The van der Waals surface area contributed by atoms with Crippen molar-refractivity contribution in [2.75, 3.05) is 0 Å². The van der Waals surface area contributed by atoms with E-state index in [9.17, 15) is 14.7 Å². The summed E-state index contributed by atoms with van der Waals surface area (Å²) in [6.45, 7) is 2.72. The summed E-state index contributed by atoms with van der Waals surface area (Å²) < 4.78 is 1.85. The topological polar surface area (TPSA) is 59.3 Å². The fourth-order valence-corrected chi connectivity index (χ4v) is 3.51. The lowest BCUT2D eigenvalue weighted by atomic mass is 10.0. The Morgan fingerprint density at radius 3 is 2.67 bits per heavy atom. The van der Waals surface area contributed by atoms with E-state index in [0.29, 0.717) is 28.4 Å². The summed E-state index contributed by atoms with van der Waals surface area (Å²) >= 11 is 12.3. The molecule has 4 nitrogen and oxygen atoms in total. The van der Waals surface area contributed by atoms with Gasteiger partial charge in [0.2, 0.25) is 5.43 Å². The normalized spacial score (nSPS) is 11.1. The number of hydrogen-bond donors (Lipinski definition) is 1. The number of fused-ring (bicyclic) bond motifs is 1. The Hall–Kier alpha value is -2.30. The van der Waals surface area contributed by atoms with Gasteiger partial charge in [-0.2, -0.15) is 0 Å². The Labute approximate surface area is 167 Å². The molecule has 0 spiro atoms. The molecule has 0 radical (unpaired) electrons. The molecule has 1 heterocycles. The number of carbonyl (C=O) groups is 1. The van der Waals surface area contributed by atoms with Crippen molar-refractivity contribution < 1.29 is 9.90 Å². The molecule has 0 aliphatic heterocycles. The molecule has 0 aliphatic carbocycles. The van der Waals surface area contributed by atoms with Crippen LogP contribution >= 0.6 is 23.2 Å². The molecule has 0 saturated heterocycles. The predicted molar refractivity (Wildman–Crippen MR) is 109 cm³/mol. The zero-order valence-electron chi connectivity index (χ0n) is 14.8. The molecule has 0 saturated carbocycles. The van der Waals surface area contributed by atoms with Crippen molar-refractivity contribution in [3.8, 4) is 0 Å². The van der Waals surface area contributed by atoms with Crippen LogP contribution < -0.4 is 5.43 Å². The first-order valence-electron chi connectivity index (χ1n) is 8.74. The smallest absolute Gasteiger partial charge is 0.341 e. The molecule has 3 aromatic rings. The number of carboxylic acid groups (broad SMARTS) is 1. The molecule has 27 heavy (non-hydrogen) atoms. The van der Waals surface area contributed by atoms with Crippen LogP contribution in [-0.2, 0) is 13.0 Å². The number of pyridine rings is 1. The van der Waals surface area contributed by atoms with Crippen LogP contribution in [0.4, 0.5) is 0 Å². The van der Waals surface area contributed by atoms with Crippen LogP contribution in [0.25, 0.3) is 10.9 Å². The van der Waals surface area contributed by atoms with Gasteiger partial charge in [-0.1, -0.05) is 54.7 Å². The lowest BCUT2D eigenvalue weighted by Crippen LogP contribution is -2.19. The van der Waals surface area contributed by atoms with Gasteiger partial charge < -0.3 is 9.67 Å². The molecule has 0 atom stereocenters. The first kappa shape index (κ1) is 19.5. The van der Waals surface area contributed by atoms with Gasteiger partial charge in [-0.05, 0) is 42.2 Å². The van der Waals surface area contributed by atoms with E-state index in [1.807, 2.05) is 28.8 Å². The van der Waals surface area contributed by atoms with Crippen LogP contribution in [0.3, 0.4) is 0 Å².